The second kappa shape index (κ2) is 4.33. The molecule has 3 rings (SSSR count). The van der Waals surface area contributed by atoms with Crippen molar-refractivity contribution in [2.75, 3.05) is 12.4 Å². The summed E-state index contributed by atoms with van der Waals surface area (Å²) in [5.41, 5.74) is 0. The zero-order chi connectivity index (χ0) is 12.7. The largest absolute Gasteiger partial charge is 0.357 e. The Morgan fingerprint density at radius 1 is 1.39 bits per heavy atom. The molecule has 1 N–H and O–H groups in total. The monoisotopic (exact) mass is 323 g/mol. The number of anilines is 1. The molecule has 0 aliphatic heterocycles. The highest BCUT2D eigenvalue weighted by atomic mass is 79.9. The van der Waals surface area contributed by atoms with Gasteiger partial charge in [-0.15, -0.1) is 11.3 Å². The molecule has 92 valence electrons. The molecule has 3 aromatic rings. The Morgan fingerprint density at radius 2 is 2.22 bits per heavy atom. The highest BCUT2D eigenvalue weighted by Gasteiger charge is 2.12. The Bertz CT molecular complexity index is 717. The van der Waals surface area contributed by atoms with Gasteiger partial charge >= 0.3 is 0 Å². The van der Waals surface area contributed by atoms with Crippen molar-refractivity contribution in [3.63, 3.8) is 0 Å². The molecule has 0 aliphatic rings. The summed E-state index contributed by atoms with van der Waals surface area (Å²) < 4.78 is 2.67. The van der Waals surface area contributed by atoms with E-state index in [1.807, 2.05) is 13.2 Å². The van der Waals surface area contributed by atoms with Crippen LogP contribution in [-0.4, -0.2) is 26.8 Å². The average molecular weight is 324 g/mol. The van der Waals surface area contributed by atoms with E-state index in [0.717, 1.165) is 20.5 Å². The Labute approximate surface area is 116 Å². The molecule has 0 saturated carbocycles. The minimum absolute atomic E-state index is 0.603. The first-order valence-corrected chi connectivity index (χ1v) is 6.95. The number of aryl methyl sites for hydroxylation is 1. The van der Waals surface area contributed by atoms with Crippen molar-refractivity contribution in [2.24, 2.45) is 0 Å². The first-order valence-electron chi connectivity index (χ1n) is 5.34. The summed E-state index contributed by atoms with van der Waals surface area (Å²) in [7, 11) is 1.81. The van der Waals surface area contributed by atoms with Gasteiger partial charge in [-0.2, -0.15) is 10.1 Å². The number of nitrogens with one attached hydrogen (secondary N) is 1. The normalized spacial score (nSPS) is 11.1. The number of hydrogen-bond acceptors (Lipinski definition) is 5. The number of rotatable bonds is 2. The van der Waals surface area contributed by atoms with Gasteiger partial charge in [0.25, 0.3) is 0 Å². The molecule has 0 bridgehead atoms. The van der Waals surface area contributed by atoms with E-state index in [0.29, 0.717) is 5.95 Å². The molecule has 3 aromatic heterocycles. The van der Waals surface area contributed by atoms with Crippen molar-refractivity contribution in [1.82, 2.24) is 19.7 Å². The summed E-state index contributed by atoms with van der Waals surface area (Å²) in [5, 5.41) is 8.27. The van der Waals surface area contributed by atoms with Crippen molar-refractivity contribution >= 4 is 43.4 Å². The SMILES string of the molecule is CNc1nc(-n2cc(Br)cn2)c2cc(C)sc2n1. The maximum Gasteiger partial charge on any atom is 0.225 e. The van der Waals surface area contributed by atoms with Gasteiger partial charge in [-0.3, -0.25) is 0 Å². The summed E-state index contributed by atoms with van der Waals surface area (Å²) in [6, 6.07) is 2.09. The van der Waals surface area contributed by atoms with Crippen LogP contribution in [0, 0.1) is 6.92 Å². The van der Waals surface area contributed by atoms with Crippen molar-refractivity contribution in [3.8, 4) is 5.82 Å². The lowest BCUT2D eigenvalue weighted by molar-refractivity contribution is 0.853. The molecule has 0 aromatic carbocycles. The van der Waals surface area contributed by atoms with Gasteiger partial charge < -0.3 is 5.32 Å². The molecular weight excluding hydrogens is 314 g/mol. The number of fused-ring (bicyclic) bond motifs is 1. The van der Waals surface area contributed by atoms with Crippen LogP contribution >= 0.6 is 27.3 Å². The fourth-order valence-corrected chi connectivity index (χ4v) is 2.89. The van der Waals surface area contributed by atoms with Crippen molar-refractivity contribution in [2.45, 2.75) is 6.92 Å². The molecule has 3 heterocycles. The third-order valence-corrected chi connectivity index (χ3v) is 3.84. The predicted molar refractivity (Wildman–Crippen MR) is 76.5 cm³/mol. The lowest BCUT2D eigenvalue weighted by Gasteiger charge is -2.04. The van der Waals surface area contributed by atoms with Crippen LogP contribution < -0.4 is 5.32 Å². The summed E-state index contributed by atoms with van der Waals surface area (Å²) in [5.74, 6) is 1.39. The van der Waals surface area contributed by atoms with E-state index < -0.39 is 0 Å². The molecule has 5 nitrogen and oxygen atoms in total. The van der Waals surface area contributed by atoms with Gasteiger partial charge in [-0.1, -0.05) is 0 Å². The third-order valence-electron chi connectivity index (χ3n) is 2.49. The van der Waals surface area contributed by atoms with Crippen LogP contribution in [0.25, 0.3) is 16.0 Å². The quantitative estimate of drug-likeness (QED) is 0.787. The Morgan fingerprint density at radius 3 is 2.89 bits per heavy atom. The fourth-order valence-electron chi connectivity index (χ4n) is 1.73. The lowest BCUT2D eigenvalue weighted by Crippen LogP contribution is -2.03. The van der Waals surface area contributed by atoms with Crippen LogP contribution in [0.1, 0.15) is 4.88 Å². The van der Waals surface area contributed by atoms with Crippen LogP contribution in [0.3, 0.4) is 0 Å². The second-order valence-electron chi connectivity index (χ2n) is 3.80. The molecule has 18 heavy (non-hydrogen) atoms. The van der Waals surface area contributed by atoms with E-state index in [2.05, 4.69) is 49.3 Å². The van der Waals surface area contributed by atoms with E-state index in [1.165, 1.54) is 4.88 Å². The number of hydrogen-bond donors (Lipinski definition) is 1. The number of halogens is 1. The van der Waals surface area contributed by atoms with Crippen molar-refractivity contribution in [1.29, 1.82) is 0 Å². The first kappa shape index (κ1) is 11.6. The van der Waals surface area contributed by atoms with Crippen LogP contribution in [0.2, 0.25) is 0 Å². The molecule has 0 saturated heterocycles. The van der Waals surface area contributed by atoms with Gasteiger partial charge in [0, 0.05) is 18.1 Å². The van der Waals surface area contributed by atoms with Crippen molar-refractivity contribution < 1.29 is 0 Å². The van der Waals surface area contributed by atoms with Crippen LogP contribution in [-0.2, 0) is 0 Å². The summed E-state index contributed by atoms with van der Waals surface area (Å²) in [6.07, 6.45) is 3.63. The molecule has 0 atom stereocenters. The maximum atomic E-state index is 4.48. The zero-order valence-electron chi connectivity index (χ0n) is 9.81. The van der Waals surface area contributed by atoms with Gasteiger partial charge in [0.2, 0.25) is 5.95 Å². The highest BCUT2D eigenvalue weighted by molar-refractivity contribution is 9.10. The molecule has 7 heteroatoms. The fraction of sp³-hybridized carbons (Fsp3) is 0.182. The third kappa shape index (κ3) is 1.89. The predicted octanol–water partition coefficient (Wildman–Crippen LogP) is 2.99. The lowest BCUT2D eigenvalue weighted by atomic mass is 10.3. The van der Waals surface area contributed by atoms with E-state index in [-0.39, 0.29) is 0 Å². The van der Waals surface area contributed by atoms with Gasteiger partial charge in [0.05, 0.1) is 16.1 Å². The number of thiophene rings is 1. The molecule has 0 aliphatic carbocycles. The van der Waals surface area contributed by atoms with Crippen LogP contribution in [0.5, 0.6) is 0 Å². The topological polar surface area (TPSA) is 55.6 Å². The molecule has 0 spiro atoms. The Balaban J connectivity index is 2.31. The number of aromatic nitrogens is 4. The average Bonchev–Trinajstić information content (AvgIpc) is 2.92. The number of nitrogens with zero attached hydrogens (tertiary/aromatic N) is 4. The van der Waals surface area contributed by atoms with Gasteiger partial charge in [-0.25, -0.2) is 9.67 Å². The molecule has 0 unspecified atom stereocenters. The molecule has 0 radical (unpaired) electrons. The van der Waals surface area contributed by atoms with Gasteiger partial charge in [0.1, 0.15) is 4.83 Å². The highest BCUT2D eigenvalue weighted by Crippen LogP contribution is 2.28. The zero-order valence-corrected chi connectivity index (χ0v) is 12.2. The van der Waals surface area contributed by atoms with E-state index >= 15 is 0 Å². The molecule has 0 amide bonds. The minimum Gasteiger partial charge on any atom is -0.357 e. The van der Waals surface area contributed by atoms with Crippen molar-refractivity contribution in [3.05, 3.63) is 27.8 Å². The molecule has 0 fully saturated rings. The summed E-state index contributed by atoms with van der Waals surface area (Å²) in [6.45, 7) is 2.06. The Hall–Kier alpha value is -1.47. The van der Waals surface area contributed by atoms with Gasteiger partial charge in [-0.05, 0) is 28.9 Å². The van der Waals surface area contributed by atoms with Gasteiger partial charge in [0.15, 0.2) is 5.82 Å². The second-order valence-corrected chi connectivity index (χ2v) is 5.95. The van der Waals surface area contributed by atoms with E-state index in [4.69, 9.17) is 0 Å². The minimum atomic E-state index is 0.603. The van der Waals surface area contributed by atoms with E-state index in [9.17, 15) is 0 Å². The van der Waals surface area contributed by atoms with Crippen LogP contribution in [0.15, 0.2) is 22.9 Å². The van der Waals surface area contributed by atoms with Crippen LogP contribution in [0.4, 0.5) is 5.95 Å². The smallest absolute Gasteiger partial charge is 0.225 e. The summed E-state index contributed by atoms with van der Waals surface area (Å²) >= 11 is 5.05. The summed E-state index contributed by atoms with van der Waals surface area (Å²) in [4.78, 5) is 11.1. The first-order chi connectivity index (χ1) is 8.67. The standard InChI is InChI=1S/C11H10BrN5S/c1-6-3-8-9(17-5-7(12)4-14-17)15-11(13-2)16-10(8)18-6/h3-5H,1-2H3,(H,13,15,16). The van der Waals surface area contributed by atoms with E-state index in [1.54, 1.807) is 22.2 Å². The molecular formula is C11H10BrN5S. The maximum absolute atomic E-state index is 4.48. The Kier molecular flexibility index (Phi) is 2.79.